The van der Waals surface area contributed by atoms with Gasteiger partial charge < -0.3 is 5.11 Å². The number of nitrogens with zero attached hydrogens (tertiary/aromatic N) is 1. The lowest BCUT2D eigenvalue weighted by molar-refractivity contribution is -0.385. The molecule has 0 spiro atoms. The van der Waals surface area contributed by atoms with Gasteiger partial charge in [-0.3, -0.25) is 14.9 Å². The molecule has 0 aliphatic rings. The number of nitro groups is 1. The summed E-state index contributed by atoms with van der Waals surface area (Å²) in [5.41, 5.74) is 0.0977. The highest BCUT2D eigenvalue weighted by atomic mass is 16.6. The molecule has 0 aliphatic heterocycles. The van der Waals surface area contributed by atoms with Crippen LogP contribution in [0.1, 0.15) is 12.5 Å². The number of phenols is 1. The molecule has 0 bridgehead atoms. The molecule has 1 rings (SSSR count). The van der Waals surface area contributed by atoms with E-state index >= 15 is 0 Å². The third-order valence-corrected chi connectivity index (χ3v) is 1.70. The number of carbonyl (C=O) groups is 1. The van der Waals surface area contributed by atoms with Crippen LogP contribution in [0.2, 0.25) is 0 Å². The lowest BCUT2D eigenvalue weighted by Gasteiger charge is -2.00. The molecule has 0 radical (unpaired) electrons. The minimum atomic E-state index is -0.572. The van der Waals surface area contributed by atoms with Gasteiger partial charge in [-0.2, -0.15) is 0 Å². The quantitative estimate of drug-likeness (QED) is 0.584. The molecule has 0 amide bonds. The monoisotopic (exact) mass is 195 g/mol. The van der Waals surface area contributed by atoms with Crippen molar-refractivity contribution in [1.82, 2.24) is 0 Å². The second-order valence-electron chi connectivity index (χ2n) is 2.95. The summed E-state index contributed by atoms with van der Waals surface area (Å²) in [6.45, 7) is 1.34. The highest BCUT2D eigenvalue weighted by molar-refractivity contribution is 5.79. The molecule has 1 N–H and O–H groups in total. The smallest absolute Gasteiger partial charge is 0.273 e. The fraction of sp³-hybridized carbons (Fsp3) is 0.222. The molecule has 0 saturated carbocycles. The molecule has 0 saturated heterocycles. The number of carbonyl (C=O) groups excluding carboxylic acids is 1. The van der Waals surface area contributed by atoms with Gasteiger partial charge in [0, 0.05) is 18.1 Å². The van der Waals surface area contributed by atoms with Crippen LogP contribution < -0.4 is 0 Å². The molecular formula is C9H9NO4. The second-order valence-corrected chi connectivity index (χ2v) is 2.95. The molecular weight excluding hydrogens is 186 g/mol. The predicted octanol–water partition coefficient (Wildman–Crippen LogP) is 1.43. The predicted molar refractivity (Wildman–Crippen MR) is 49.1 cm³/mol. The maximum atomic E-state index is 10.8. The third-order valence-electron chi connectivity index (χ3n) is 1.70. The van der Waals surface area contributed by atoms with Gasteiger partial charge in [0.2, 0.25) is 0 Å². The topological polar surface area (TPSA) is 80.4 Å². The van der Waals surface area contributed by atoms with Crippen LogP contribution in [0.4, 0.5) is 5.69 Å². The van der Waals surface area contributed by atoms with Crippen molar-refractivity contribution in [2.75, 3.05) is 0 Å². The number of Topliss-reactive ketones (excluding diaryl/α,β-unsaturated/α-hetero) is 1. The van der Waals surface area contributed by atoms with E-state index in [0.29, 0.717) is 0 Å². The molecule has 14 heavy (non-hydrogen) atoms. The van der Waals surface area contributed by atoms with Crippen LogP contribution in [-0.4, -0.2) is 15.8 Å². The first-order valence-corrected chi connectivity index (χ1v) is 3.96. The number of benzene rings is 1. The first-order valence-electron chi connectivity index (χ1n) is 3.96. The zero-order chi connectivity index (χ0) is 10.7. The summed E-state index contributed by atoms with van der Waals surface area (Å²) < 4.78 is 0. The Hall–Kier alpha value is -1.91. The maximum absolute atomic E-state index is 10.8. The summed E-state index contributed by atoms with van der Waals surface area (Å²) in [5.74, 6) is -0.259. The van der Waals surface area contributed by atoms with Gasteiger partial charge in [0.15, 0.2) is 0 Å². The van der Waals surface area contributed by atoms with Gasteiger partial charge in [-0.05, 0) is 19.1 Å². The van der Waals surface area contributed by atoms with Gasteiger partial charge in [-0.25, -0.2) is 0 Å². The minimum Gasteiger partial charge on any atom is -0.508 e. The molecule has 1 aromatic carbocycles. The van der Waals surface area contributed by atoms with E-state index < -0.39 is 4.92 Å². The van der Waals surface area contributed by atoms with Crippen molar-refractivity contribution < 1.29 is 14.8 Å². The molecule has 74 valence electrons. The maximum Gasteiger partial charge on any atom is 0.273 e. The van der Waals surface area contributed by atoms with Gasteiger partial charge in [0.1, 0.15) is 11.5 Å². The van der Waals surface area contributed by atoms with Crippen LogP contribution in [0.25, 0.3) is 0 Å². The Morgan fingerprint density at radius 1 is 1.57 bits per heavy atom. The molecule has 1 aromatic rings. The van der Waals surface area contributed by atoms with Gasteiger partial charge >= 0.3 is 0 Å². The fourth-order valence-electron chi connectivity index (χ4n) is 1.16. The fourth-order valence-corrected chi connectivity index (χ4v) is 1.16. The average Bonchev–Trinajstić information content (AvgIpc) is 2.01. The first kappa shape index (κ1) is 10.2. The standard InChI is InChI=1S/C9H9NO4/c1-6(11)4-7-5-8(12)2-3-9(7)10(13)14/h2-3,5,12H,4H2,1H3. The Bertz CT molecular complexity index is 386. The van der Waals surface area contributed by atoms with Crippen molar-refractivity contribution in [1.29, 1.82) is 0 Å². The number of phenolic OH excluding ortho intramolecular Hbond substituents is 1. The first-order chi connectivity index (χ1) is 6.50. The van der Waals surface area contributed by atoms with Crippen LogP contribution in [0.15, 0.2) is 18.2 Å². The van der Waals surface area contributed by atoms with E-state index in [2.05, 4.69) is 0 Å². The zero-order valence-corrected chi connectivity index (χ0v) is 7.56. The summed E-state index contributed by atoms with van der Waals surface area (Å²) in [4.78, 5) is 20.8. The lowest BCUT2D eigenvalue weighted by Crippen LogP contribution is -2.00. The highest BCUT2D eigenvalue weighted by Crippen LogP contribution is 2.23. The third kappa shape index (κ3) is 2.29. The Balaban J connectivity index is 3.15. The van der Waals surface area contributed by atoms with E-state index in [-0.39, 0.29) is 29.2 Å². The van der Waals surface area contributed by atoms with Crippen molar-refractivity contribution in [3.8, 4) is 5.75 Å². The number of hydrogen-bond donors (Lipinski definition) is 1. The van der Waals surface area contributed by atoms with Gasteiger partial charge in [0.05, 0.1) is 4.92 Å². The minimum absolute atomic E-state index is 0.0370. The summed E-state index contributed by atoms with van der Waals surface area (Å²) >= 11 is 0. The summed E-state index contributed by atoms with van der Waals surface area (Å²) in [7, 11) is 0. The van der Waals surface area contributed by atoms with Crippen LogP contribution in [0, 0.1) is 10.1 Å². The Kier molecular flexibility index (Phi) is 2.81. The molecule has 0 aromatic heterocycles. The average molecular weight is 195 g/mol. The van der Waals surface area contributed by atoms with Crippen molar-refractivity contribution in [2.24, 2.45) is 0 Å². The van der Waals surface area contributed by atoms with Gasteiger partial charge in [0.25, 0.3) is 5.69 Å². The molecule has 0 fully saturated rings. The van der Waals surface area contributed by atoms with E-state index in [1.807, 2.05) is 0 Å². The van der Waals surface area contributed by atoms with E-state index in [1.165, 1.54) is 25.1 Å². The summed E-state index contributed by atoms with van der Waals surface area (Å²) in [5, 5.41) is 19.6. The van der Waals surface area contributed by atoms with Crippen molar-refractivity contribution in [3.63, 3.8) is 0 Å². The molecule has 0 atom stereocenters. The number of ketones is 1. The van der Waals surface area contributed by atoms with Crippen LogP contribution in [0.5, 0.6) is 5.75 Å². The molecule has 5 nitrogen and oxygen atoms in total. The van der Waals surface area contributed by atoms with Crippen molar-refractivity contribution in [2.45, 2.75) is 13.3 Å². The molecule has 0 heterocycles. The Labute approximate surface area is 80.1 Å². The SMILES string of the molecule is CC(=O)Cc1cc(O)ccc1[N+](=O)[O-]. The highest BCUT2D eigenvalue weighted by Gasteiger charge is 2.14. The van der Waals surface area contributed by atoms with E-state index in [0.717, 1.165) is 0 Å². The summed E-state index contributed by atoms with van der Waals surface area (Å²) in [6, 6.07) is 3.65. The second kappa shape index (κ2) is 3.87. The van der Waals surface area contributed by atoms with E-state index in [1.54, 1.807) is 0 Å². The number of nitro benzene ring substituents is 1. The largest absolute Gasteiger partial charge is 0.508 e. The van der Waals surface area contributed by atoms with Crippen molar-refractivity contribution in [3.05, 3.63) is 33.9 Å². The van der Waals surface area contributed by atoms with Crippen LogP contribution in [0.3, 0.4) is 0 Å². The normalized spacial score (nSPS) is 9.79. The Morgan fingerprint density at radius 2 is 2.21 bits per heavy atom. The molecule has 0 unspecified atom stereocenters. The van der Waals surface area contributed by atoms with E-state index in [4.69, 9.17) is 5.11 Å². The van der Waals surface area contributed by atoms with Crippen molar-refractivity contribution >= 4 is 11.5 Å². The zero-order valence-electron chi connectivity index (χ0n) is 7.56. The summed E-state index contributed by atoms with van der Waals surface area (Å²) in [6.07, 6.45) is -0.0370. The van der Waals surface area contributed by atoms with Crippen LogP contribution in [-0.2, 0) is 11.2 Å². The lowest BCUT2D eigenvalue weighted by atomic mass is 10.1. The molecule has 5 heteroatoms. The van der Waals surface area contributed by atoms with E-state index in [9.17, 15) is 14.9 Å². The van der Waals surface area contributed by atoms with Gasteiger partial charge in [-0.1, -0.05) is 0 Å². The molecule has 0 aliphatic carbocycles. The number of hydrogen-bond acceptors (Lipinski definition) is 4. The number of rotatable bonds is 3. The van der Waals surface area contributed by atoms with Gasteiger partial charge in [-0.15, -0.1) is 0 Å². The Morgan fingerprint density at radius 3 is 2.71 bits per heavy atom. The number of aromatic hydroxyl groups is 1. The van der Waals surface area contributed by atoms with Crippen LogP contribution >= 0.6 is 0 Å².